The van der Waals surface area contributed by atoms with Crippen molar-refractivity contribution in [1.82, 2.24) is 25.1 Å². The number of halogens is 3. The number of fused-ring (bicyclic) bond motifs is 1. The smallest absolute Gasteiger partial charge is 0.355 e. The quantitative estimate of drug-likeness (QED) is 0.591. The Bertz CT molecular complexity index is 1230. The summed E-state index contributed by atoms with van der Waals surface area (Å²) in [5, 5.41) is 16.6. The van der Waals surface area contributed by atoms with E-state index in [2.05, 4.69) is 25.9 Å². The van der Waals surface area contributed by atoms with Gasteiger partial charge in [0.1, 0.15) is 5.82 Å². The second kappa shape index (κ2) is 8.58. The molecule has 0 atom stereocenters. The van der Waals surface area contributed by atoms with Gasteiger partial charge in [-0.15, -0.1) is 15.3 Å². The first-order chi connectivity index (χ1) is 16.3. The number of rotatable bonds is 5. The fourth-order valence-electron chi connectivity index (χ4n) is 3.97. The summed E-state index contributed by atoms with van der Waals surface area (Å²) in [4.78, 5) is 26.9. The summed E-state index contributed by atoms with van der Waals surface area (Å²) in [5.41, 5.74) is 1.06. The molecule has 1 aliphatic heterocycles. The van der Waals surface area contributed by atoms with Crippen LogP contribution in [0.1, 0.15) is 41.9 Å². The van der Waals surface area contributed by atoms with Gasteiger partial charge in [-0.3, -0.25) is 9.59 Å². The monoisotopic (exact) mass is 473 g/mol. The Hall–Kier alpha value is -3.70. The Morgan fingerprint density at radius 3 is 2.47 bits per heavy atom. The summed E-state index contributed by atoms with van der Waals surface area (Å²) in [6.45, 7) is 0.924. The molecule has 34 heavy (non-hydrogen) atoms. The van der Waals surface area contributed by atoms with Crippen LogP contribution < -0.4 is 15.5 Å². The Morgan fingerprint density at radius 1 is 1.00 bits per heavy atom. The van der Waals surface area contributed by atoms with E-state index in [-0.39, 0.29) is 29.4 Å². The molecule has 2 aliphatic rings. The minimum absolute atomic E-state index is 0.0124. The van der Waals surface area contributed by atoms with Crippen LogP contribution in [0.15, 0.2) is 36.4 Å². The van der Waals surface area contributed by atoms with Crippen LogP contribution in [-0.4, -0.2) is 50.8 Å². The molecule has 12 heteroatoms. The van der Waals surface area contributed by atoms with Crippen LogP contribution in [0.5, 0.6) is 0 Å². The number of aromatic nitrogens is 4. The first-order valence-electron chi connectivity index (χ1n) is 11.0. The molecule has 1 saturated heterocycles. The van der Waals surface area contributed by atoms with Gasteiger partial charge in [0.15, 0.2) is 5.65 Å². The van der Waals surface area contributed by atoms with Crippen molar-refractivity contribution >= 4 is 29.0 Å². The first kappa shape index (κ1) is 22.1. The maximum absolute atomic E-state index is 13.1. The topological polar surface area (TPSA) is 105 Å². The highest BCUT2D eigenvalue weighted by Gasteiger charge is 2.38. The van der Waals surface area contributed by atoms with Crippen molar-refractivity contribution in [2.24, 2.45) is 5.92 Å². The van der Waals surface area contributed by atoms with E-state index < -0.39 is 12.0 Å². The molecule has 178 valence electrons. The highest BCUT2D eigenvalue weighted by molar-refractivity contribution is 5.98. The lowest BCUT2D eigenvalue weighted by molar-refractivity contribution is -0.146. The lowest BCUT2D eigenvalue weighted by Gasteiger charge is -2.32. The molecule has 1 aromatic carbocycles. The molecule has 2 N–H and O–H groups in total. The highest BCUT2D eigenvalue weighted by Crippen LogP contribution is 2.29. The van der Waals surface area contributed by atoms with Gasteiger partial charge in [0, 0.05) is 36.3 Å². The SMILES string of the molecule is O=C(NC1CC1)c1cccc(NC(=O)C2CCN(c3ccc4nnc(C(F)(F)F)n4n3)CC2)c1. The largest absolute Gasteiger partial charge is 0.453 e. The van der Waals surface area contributed by atoms with Gasteiger partial charge >= 0.3 is 6.18 Å². The molecule has 2 aromatic heterocycles. The van der Waals surface area contributed by atoms with Crippen molar-refractivity contribution in [2.75, 3.05) is 23.3 Å². The summed E-state index contributed by atoms with van der Waals surface area (Å²) in [6.07, 6.45) is -1.64. The molecule has 0 bridgehead atoms. The van der Waals surface area contributed by atoms with Crippen molar-refractivity contribution in [1.29, 1.82) is 0 Å². The molecular weight excluding hydrogens is 451 g/mol. The van der Waals surface area contributed by atoms with Crippen molar-refractivity contribution in [2.45, 2.75) is 37.9 Å². The van der Waals surface area contributed by atoms with Crippen LogP contribution in [0.4, 0.5) is 24.7 Å². The van der Waals surface area contributed by atoms with Crippen LogP contribution in [0.3, 0.4) is 0 Å². The molecule has 5 rings (SSSR count). The van der Waals surface area contributed by atoms with Gasteiger partial charge in [0.25, 0.3) is 11.7 Å². The molecule has 0 unspecified atom stereocenters. The predicted molar refractivity (Wildman–Crippen MR) is 116 cm³/mol. The van der Waals surface area contributed by atoms with Gasteiger partial charge in [0.05, 0.1) is 0 Å². The summed E-state index contributed by atoms with van der Waals surface area (Å²) in [6, 6.07) is 10.1. The maximum Gasteiger partial charge on any atom is 0.453 e. The number of carbonyl (C=O) groups is 2. The van der Waals surface area contributed by atoms with E-state index in [0.717, 1.165) is 12.8 Å². The summed E-state index contributed by atoms with van der Waals surface area (Å²) in [5.74, 6) is -1.37. The van der Waals surface area contributed by atoms with Crippen LogP contribution in [0, 0.1) is 5.92 Å². The van der Waals surface area contributed by atoms with Gasteiger partial charge in [-0.25, -0.2) is 0 Å². The molecule has 1 saturated carbocycles. The van der Waals surface area contributed by atoms with Gasteiger partial charge in [-0.1, -0.05) is 6.07 Å². The summed E-state index contributed by atoms with van der Waals surface area (Å²) < 4.78 is 40.1. The molecule has 0 radical (unpaired) electrons. The number of carbonyl (C=O) groups excluding carboxylic acids is 2. The lowest BCUT2D eigenvalue weighted by Crippen LogP contribution is -2.38. The average Bonchev–Trinajstić information content (AvgIpc) is 3.52. The molecule has 2 amide bonds. The Kier molecular flexibility index (Phi) is 5.58. The number of anilines is 2. The molecule has 3 aromatic rings. The average molecular weight is 473 g/mol. The van der Waals surface area contributed by atoms with E-state index in [4.69, 9.17) is 0 Å². The predicted octanol–water partition coefficient (Wildman–Crippen LogP) is 2.89. The van der Waals surface area contributed by atoms with E-state index in [0.29, 0.717) is 47.5 Å². The van der Waals surface area contributed by atoms with Gasteiger partial charge in [0.2, 0.25) is 5.91 Å². The second-order valence-electron chi connectivity index (χ2n) is 8.56. The second-order valence-corrected chi connectivity index (χ2v) is 8.56. The number of benzene rings is 1. The molecule has 1 aliphatic carbocycles. The zero-order valence-electron chi connectivity index (χ0n) is 18.0. The number of nitrogens with one attached hydrogen (secondary N) is 2. The number of alkyl halides is 3. The molecule has 0 spiro atoms. The van der Waals surface area contributed by atoms with Crippen molar-refractivity contribution in [3.63, 3.8) is 0 Å². The number of hydrogen-bond acceptors (Lipinski definition) is 6. The zero-order chi connectivity index (χ0) is 23.9. The van der Waals surface area contributed by atoms with Crippen molar-refractivity contribution in [3.8, 4) is 0 Å². The van der Waals surface area contributed by atoms with Gasteiger partial charge < -0.3 is 15.5 Å². The summed E-state index contributed by atoms with van der Waals surface area (Å²) >= 11 is 0. The van der Waals surface area contributed by atoms with E-state index in [1.807, 2.05) is 4.90 Å². The Labute approximate surface area is 192 Å². The normalized spacial score (nSPS) is 17.1. The highest BCUT2D eigenvalue weighted by atomic mass is 19.4. The van der Waals surface area contributed by atoms with Crippen LogP contribution >= 0.6 is 0 Å². The first-order valence-corrected chi connectivity index (χ1v) is 11.0. The van der Waals surface area contributed by atoms with Crippen LogP contribution in [0.25, 0.3) is 5.65 Å². The summed E-state index contributed by atoms with van der Waals surface area (Å²) in [7, 11) is 0. The van der Waals surface area contributed by atoms with Crippen molar-refractivity contribution < 1.29 is 22.8 Å². The molecule has 9 nitrogen and oxygen atoms in total. The number of nitrogens with zero attached hydrogens (tertiary/aromatic N) is 5. The number of amides is 2. The minimum atomic E-state index is -4.66. The number of piperidine rings is 1. The van der Waals surface area contributed by atoms with Crippen molar-refractivity contribution in [3.05, 3.63) is 47.8 Å². The van der Waals surface area contributed by atoms with E-state index in [1.54, 1.807) is 30.3 Å². The zero-order valence-corrected chi connectivity index (χ0v) is 18.0. The molecular formula is C22H22F3N7O2. The standard InChI is InChI=1S/C22H22F3N7O2/c23-22(24,25)21-29-28-17-6-7-18(30-32(17)21)31-10-8-13(9-11-31)19(33)27-16-3-1-2-14(12-16)20(34)26-15-4-5-15/h1-3,6-7,12-13,15H,4-5,8-11H2,(H,26,34)(H,27,33). The Balaban J connectivity index is 1.21. The third-order valence-electron chi connectivity index (χ3n) is 6.00. The molecule has 2 fully saturated rings. The third-order valence-corrected chi connectivity index (χ3v) is 6.00. The molecule has 3 heterocycles. The fraction of sp³-hybridized carbons (Fsp3) is 0.409. The lowest BCUT2D eigenvalue weighted by atomic mass is 9.95. The minimum Gasteiger partial charge on any atom is -0.355 e. The fourth-order valence-corrected chi connectivity index (χ4v) is 3.97. The third kappa shape index (κ3) is 4.66. The van der Waals surface area contributed by atoms with E-state index >= 15 is 0 Å². The number of hydrogen-bond donors (Lipinski definition) is 2. The van der Waals surface area contributed by atoms with E-state index in [1.165, 1.54) is 6.07 Å². The van der Waals surface area contributed by atoms with Crippen LogP contribution in [0.2, 0.25) is 0 Å². The van der Waals surface area contributed by atoms with E-state index in [9.17, 15) is 22.8 Å². The Morgan fingerprint density at radius 2 is 1.76 bits per heavy atom. The maximum atomic E-state index is 13.1. The van der Waals surface area contributed by atoms with Gasteiger partial charge in [-0.05, 0) is 56.0 Å². The van der Waals surface area contributed by atoms with Gasteiger partial charge in [-0.2, -0.15) is 17.7 Å². The van der Waals surface area contributed by atoms with Crippen LogP contribution in [-0.2, 0) is 11.0 Å².